The van der Waals surface area contributed by atoms with E-state index in [9.17, 15) is 0 Å². The zero-order valence-corrected chi connectivity index (χ0v) is 14.9. The topological polar surface area (TPSA) is 21.3 Å². The first kappa shape index (κ1) is 16.0. The molecule has 0 amide bonds. The van der Waals surface area contributed by atoms with Crippen LogP contribution in [0.4, 0.5) is 0 Å². The summed E-state index contributed by atoms with van der Waals surface area (Å²) in [5, 5.41) is 4.54. The molecule has 2 nitrogen and oxygen atoms in total. The van der Waals surface area contributed by atoms with E-state index in [2.05, 4.69) is 47.8 Å². The van der Waals surface area contributed by atoms with E-state index in [4.69, 9.17) is 17.0 Å². The minimum atomic E-state index is 0.836. The Morgan fingerprint density at radius 2 is 1.96 bits per heavy atom. The van der Waals surface area contributed by atoms with Crippen molar-refractivity contribution in [2.75, 3.05) is 13.7 Å². The molecule has 1 aromatic heterocycles. The Morgan fingerprint density at radius 3 is 2.65 bits per heavy atom. The van der Waals surface area contributed by atoms with Crippen LogP contribution in [0.15, 0.2) is 48.5 Å². The molecule has 0 bridgehead atoms. The number of fused-ring (bicyclic) bond motifs is 1. The lowest BCUT2D eigenvalue weighted by atomic mass is 10.0. The van der Waals surface area contributed by atoms with Crippen molar-refractivity contribution < 1.29 is 4.74 Å². The zero-order chi connectivity index (χ0) is 16.2. The first-order chi connectivity index (χ1) is 11.2. The molecule has 0 radical (unpaired) electrons. The van der Waals surface area contributed by atoms with Gasteiger partial charge in [-0.3, -0.25) is 0 Å². The molecule has 0 fully saturated rings. The second-order valence-corrected chi connectivity index (χ2v) is 7.04. The van der Waals surface area contributed by atoms with Crippen molar-refractivity contribution in [2.45, 2.75) is 13.3 Å². The maximum absolute atomic E-state index is 5.40. The number of rotatable bonds is 5. The molecule has 23 heavy (non-hydrogen) atoms. The molecule has 0 atom stereocenters. The van der Waals surface area contributed by atoms with Crippen molar-refractivity contribution in [1.29, 1.82) is 0 Å². The molecule has 0 saturated carbocycles. The van der Waals surface area contributed by atoms with Gasteiger partial charge in [0.25, 0.3) is 0 Å². The number of thiocarbonyl (C=S) groups is 1. The van der Waals surface area contributed by atoms with Crippen molar-refractivity contribution in [3.63, 3.8) is 0 Å². The summed E-state index contributed by atoms with van der Waals surface area (Å²) >= 11 is 6.96. The Bertz CT molecular complexity index is 824. The molecule has 0 unspecified atom stereocenters. The van der Waals surface area contributed by atoms with Crippen LogP contribution in [0.2, 0.25) is 0 Å². The molecule has 1 N–H and O–H groups in total. The Morgan fingerprint density at radius 1 is 1.17 bits per heavy atom. The van der Waals surface area contributed by atoms with Gasteiger partial charge in [0.2, 0.25) is 0 Å². The normalized spacial score (nSPS) is 10.7. The number of hydrogen-bond acceptors (Lipinski definition) is 3. The van der Waals surface area contributed by atoms with Crippen LogP contribution in [0.3, 0.4) is 0 Å². The standard InChI is InChI=1S/C19H19NOS2/c1-13(22)20-11-10-16-17-12-15(21-2)8-9-18(17)23-19(16)14-6-4-3-5-7-14/h3-9,12H,10-11H2,1-2H3,(H,20,22). The molecular formula is C19H19NOS2. The Kier molecular flexibility index (Phi) is 4.94. The molecule has 2 aromatic carbocycles. The van der Waals surface area contributed by atoms with Crippen LogP contribution < -0.4 is 10.1 Å². The smallest absolute Gasteiger partial charge is 0.119 e. The average molecular weight is 342 g/mol. The molecule has 118 valence electrons. The first-order valence-electron chi connectivity index (χ1n) is 7.58. The molecule has 0 aliphatic rings. The predicted molar refractivity (Wildman–Crippen MR) is 104 cm³/mol. The second-order valence-electron chi connectivity index (χ2n) is 5.37. The highest BCUT2D eigenvalue weighted by molar-refractivity contribution is 7.80. The molecule has 0 saturated heterocycles. The van der Waals surface area contributed by atoms with Gasteiger partial charge in [0, 0.05) is 21.5 Å². The summed E-state index contributed by atoms with van der Waals surface area (Å²) in [6.07, 6.45) is 0.936. The fourth-order valence-electron chi connectivity index (χ4n) is 2.69. The molecule has 0 aliphatic carbocycles. The molecular weight excluding hydrogens is 322 g/mol. The van der Waals surface area contributed by atoms with Gasteiger partial charge in [0.05, 0.1) is 12.1 Å². The lowest BCUT2D eigenvalue weighted by Gasteiger charge is -2.07. The van der Waals surface area contributed by atoms with Crippen molar-refractivity contribution in [1.82, 2.24) is 5.32 Å². The maximum Gasteiger partial charge on any atom is 0.119 e. The summed E-state index contributed by atoms with van der Waals surface area (Å²) < 4.78 is 6.69. The monoisotopic (exact) mass is 341 g/mol. The highest BCUT2D eigenvalue weighted by Crippen LogP contribution is 2.40. The van der Waals surface area contributed by atoms with E-state index in [1.54, 1.807) is 7.11 Å². The average Bonchev–Trinajstić information content (AvgIpc) is 2.93. The van der Waals surface area contributed by atoms with E-state index in [1.807, 2.05) is 24.3 Å². The van der Waals surface area contributed by atoms with Crippen LogP contribution in [0.5, 0.6) is 5.75 Å². The summed E-state index contributed by atoms with van der Waals surface area (Å²) in [4.78, 5) is 2.17. The van der Waals surface area contributed by atoms with Gasteiger partial charge in [0.15, 0.2) is 0 Å². The zero-order valence-electron chi connectivity index (χ0n) is 13.3. The summed E-state index contributed by atoms with van der Waals surface area (Å²) in [7, 11) is 1.71. The van der Waals surface area contributed by atoms with Crippen LogP contribution in [0.25, 0.3) is 20.5 Å². The fraction of sp³-hybridized carbons (Fsp3) is 0.211. The van der Waals surface area contributed by atoms with Crippen molar-refractivity contribution in [3.8, 4) is 16.2 Å². The van der Waals surface area contributed by atoms with E-state index < -0.39 is 0 Å². The molecule has 4 heteroatoms. The third-order valence-corrected chi connectivity index (χ3v) is 5.19. The molecule has 0 spiro atoms. The number of hydrogen-bond donors (Lipinski definition) is 1. The van der Waals surface area contributed by atoms with Crippen molar-refractivity contribution >= 4 is 38.6 Å². The van der Waals surface area contributed by atoms with Gasteiger partial charge in [-0.25, -0.2) is 0 Å². The van der Waals surface area contributed by atoms with Gasteiger partial charge in [-0.1, -0.05) is 42.5 Å². The van der Waals surface area contributed by atoms with Gasteiger partial charge < -0.3 is 10.1 Å². The molecule has 0 aliphatic heterocycles. The van der Waals surface area contributed by atoms with E-state index in [0.717, 1.165) is 23.7 Å². The fourth-order valence-corrected chi connectivity index (χ4v) is 4.03. The van der Waals surface area contributed by atoms with Gasteiger partial charge in [0.1, 0.15) is 5.75 Å². The number of benzene rings is 2. The van der Waals surface area contributed by atoms with Crippen LogP contribution in [0, 0.1) is 0 Å². The highest BCUT2D eigenvalue weighted by atomic mass is 32.1. The molecule has 3 aromatic rings. The summed E-state index contributed by atoms with van der Waals surface area (Å²) in [6.45, 7) is 2.76. The highest BCUT2D eigenvalue weighted by Gasteiger charge is 2.14. The first-order valence-corrected chi connectivity index (χ1v) is 8.81. The third kappa shape index (κ3) is 3.54. The number of ether oxygens (including phenoxy) is 1. The lowest BCUT2D eigenvalue weighted by molar-refractivity contribution is 0.415. The van der Waals surface area contributed by atoms with Gasteiger partial charge in [-0.15, -0.1) is 11.3 Å². The number of nitrogens with one attached hydrogen (secondary N) is 1. The van der Waals surface area contributed by atoms with Crippen LogP contribution in [-0.2, 0) is 6.42 Å². The Hall–Kier alpha value is -1.91. The minimum absolute atomic E-state index is 0.836. The van der Waals surface area contributed by atoms with Crippen molar-refractivity contribution in [3.05, 3.63) is 54.1 Å². The van der Waals surface area contributed by atoms with Crippen LogP contribution in [0.1, 0.15) is 12.5 Å². The SMILES string of the molecule is COc1ccc2sc(-c3ccccc3)c(CCNC(C)=S)c2c1. The minimum Gasteiger partial charge on any atom is -0.497 e. The van der Waals surface area contributed by atoms with E-state index >= 15 is 0 Å². The summed E-state index contributed by atoms with van der Waals surface area (Å²) in [5.41, 5.74) is 2.63. The van der Waals surface area contributed by atoms with E-state index in [1.165, 1.54) is 26.1 Å². The lowest BCUT2D eigenvalue weighted by Crippen LogP contribution is -2.20. The van der Waals surface area contributed by atoms with Crippen molar-refractivity contribution in [2.24, 2.45) is 0 Å². The van der Waals surface area contributed by atoms with Gasteiger partial charge in [-0.05, 0) is 42.7 Å². The van der Waals surface area contributed by atoms with Gasteiger partial charge >= 0.3 is 0 Å². The summed E-state index contributed by atoms with van der Waals surface area (Å²) in [6, 6.07) is 16.9. The summed E-state index contributed by atoms with van der Waals surface area (Å²) in [5.74, 6) is 0.898. The largest absolute Gasteiger partial charge is 0.497 e. The molecule has 3 rings (SSSR count). The quantitative estimate of drug-likeness (QED) is 0.656. The molecule has 1 heterocycles. The second kappa shape index (κ2) is 7.11. The number of methoxy groups -OCH3 is 1. The van der Waals surface area contributed by atoms with Gasteiger partial charge in [-0.2, -0.15) is 0 Å². The Labute approximate surface area is 146 Å². The van der Waals surface area contributed by atoms with Crippen LogP contribution >= 0.6 is 23.6 Å². The number of thiophene rings is 1. The van der Waals surface area contributed by atoms with E-state index in [-0.39, 0.29) is 0 Å². The Balaban J connectivity index is 2.08. The third-order valence-electron chi connectivity index (χ3n) is 3.78. The van der Waals surface area contributed by atoms with Crippen LogP contribution in [-0.4, -0.2) is 18.6 Å². The maximum atomic E-state index is 5.40. The predicted octanol–water partition coefficient (Wildman–Crippen LogP) is 5.06. The van der Waals surface area contributed by atoms with E-state index in [0.29, 0.717) is 0 Å².